The maximum absolute atomic E-state index is 13.0. The molecule has 1 aliphatic rings. The minimum absolute atomic E-state index is 0.0778. The van der Waals surface area contributed by atoms with Crippen molar-refractivity contribution in [2.24, 2.45) is 12.0 Å². The number of fused-ring (bicyclic) bond motifs is 1. The van der Waals surface area contributed by atoms with Crippen molar-refractivity contribution in [2.75, 3.05) is 5.32 Å². The summed E-state index contributed by atoms with van der Waals surface area (Å²) in [5.41, 5.74) is 4.13. The van der Waals surface area contributed by atoms with Gasteiger partial charge in [-0.2, -0.15) is 0 Å². The molecule has 2 aromatic carbocycles. The molecule has 1 aliphatic heterocycles. The molecule has 3 heterocycles. The lowest BCUT2D eigenvalue weighted by Crippen LogP contribution is -2.29. The number of rotatable bonds is 4. The van der Waals surface area contributed by atoms with Crippen LogP contribution in [0.1, 0.15) is 16.7 Å². The number of ketones is 1. The van der Waals surface area contributed by atoms with E-state index in [-0.39, 0.29) is 24.1 Å². The van der Waals surface area contributed by atoms with Crippen LogP contribution < -0.4 is 5.32 Å². The van der Waals surface area contributed by atoms with Crippen LogP contribution >= 0.6 is 0 Å². The number of carbonyl (C=O) groups is 1. The minimum Gasteiger partial charge on any atom is -0.402 e. The first-order chi connectivity index (χ1) is 14.7. The van der Waals surface area contributed by atoms with Crippen LogP contribution in [0, 0.1) is 0 Å². The molecular formula is C22H18N6O2. The molecule has 8 nitrogen and oxygen atoms in total. The van der Waals surface area contributed by atoms with Crippen molar-refractivity contribution >= 4 is 17.5 Å². The van der Waals surface area contributed by atoms with Gasteiger partial charge >= 0.3 is 6.01 Å². The van der Waals surface area contributed by atoms with Gasteiger partial charge in [0.05, 0.1) is 12.0 Å². The van der Waals surface area contributed by atoms with Gasteiger partial charge in [0.1, 0.15) is 5.69 Å². The normalized spacial score (nSPS) is 16.0. The van der Waals surface area contributed by atoms with Crippen LogP contribution in [0.2, 0.25) is 0 Å². The zero-order chi connectivity index (χ0) is 20.5. The fourth-order valence-electron chi connectivity index (χ4n) is 3.42. The van der Waals surface area contributed by atoms with E-state index >= 15 is 0 Å². The monoisotopic (exact) mass is 398 g/mol. The maximum atomic E-state index is 13.0. The molecule has 0 fully saturated rings. The number of aromatic nitrogens is 4. The fraction of sp³-hybridized carbons (Fsp3) is 0.136. The number of hydrogen-bond donors (Lipinski definition) is 1. The number of Topliss-reactive ketones (excluding diaryl/α,β-unsaturated/α-hetero) is 1. The summed E-state index contributed by atoms with van der Waals surface area (Å²) in [6, 6.07) is 17.8. The van der Waals surface area contributed by atoms with Crippen molar-refractivity contribution in [1.29, 1.82) is 0 Å². The van der Waals surface area contributed by atoms with Crippen LogP contribution in [0.3, 0.4) is 0 Å². The second-order valence-corrected chi connectivity index (χ2v) is 7.03. The highest BCUT2D eigenvalue weighted by Crippen LogP contribution is 2.23. The quantitative estimate of drug-likeness (QED) is 0.568. The van der Waals surface area contributed by atoms with Crippen LogP contribution in [0.5, 0.6) is 0 Å². The van der Waals surface area contributed by atoms with E-state index in [1.54, 1.807) is 17.1 Å². The van der Waals surface area contributed by atoms with E-state index in [1.165, 1.54) is 0 Å². The van der Waals surface area contributed by atoms with Gasteiger partial charge in [-0.1, -0.05) is 59.7 Å². The van der Waals surface area contributed by atoms with Crippen molar-refractivity contribution < 1.29 is 9.21 Å². The zero-order valence-electron chi connectivity index (χ0n) is 16.2. The van der Waals surface area contributed by atoms with Crippen LogP contribution in [0.15, 0.2) is 76.5 Å². The summed E-state index contributed by atoms with van der Waals surface area (Å²) in [5.74, 6) is 0.195. The molecule has 2 aromatic heterocycles. The second-order valence-electron chi connectivity index (χ2n) is 7.03. The molecule has 0 radical (unpaired) electrons. The number of aryl methyl sites for hydroxylation is 1. The fourth-order valence-corrected chi connectivity index (χ4v) is 3.42. The maximum Gasteiger partial charge on any atom is 0.317 e. The molecule has 1 atom stereocenters. The minimum atomic E-state index is -0.843. The lowest BCUT2D eigenvalue weighted by molar-refractivity contribution is -0.119. The smallest absolute Gasteiger partial charge is 0.317 e. The van der Waals surface area contributed by atoms with E-state index in [2.05, 4.69) is 20.5 Å². The van der Waals surface area contributed by atoms with Crippen molar-refractivity contribution in [3.05, 3.63) is 83.8 Å². The molecule has 0 aliphatic carbocycles. The number of benzene rings is 2. The SMILES string of the molecule is Cn1cnc(-c2nnc(N[C@H]3N=C(c4ccccc4)c4ccccc4CC3=O)o2)c1. The van der Waals surface area contributed by atoms with Gasteiger partial charge in [0, 0.05) is 30.8 Å². The van der Waals surface area contributed by atoms with Crippen LogP contribution in [-0.4, -0.2) is 37.4 Å². The number of carbonyl (C=O) groups excluding carboxylic acids is 1. The average Bonchev–Trinajstić information content (AvgIpc) is 3.38. The van der Waals surface area contributed by atoms with Gasteiger partial charge in [-0.05, 0) is 5.56 Å². The van der Waals surface area contributed by atoms with Gasteiger partial charge in [0.25, 0.3) is 5.89 Å². The third-order valence-corrected chi connectivity index (χ3v) is 4.86. The topological polar surface area (TPSA) is 98.2 Å². The second kappa shape index (κ2) is 7.40. The van der Waals surface area contributed by atoms with Crippen LogP contribution in [0.25, 0.3) is 11.6 Å². The summed E-state index contributed by atoms with van der Waals surface area (Å²) in [4.78, 5) is 21.9. The summed E-state index contributed by atoms with van der Waals surface area (Å²) >= 11 is 0. The molecule has 148 valence electrons. The summed E-state index contributed by atoms with van der Waals surface area (Å²) in [6.45, 7) is 0. The Kier molecular flexibility index (Phi) is 4.44. The lowest BCUT2D eigenvalue weighted by Gasteiger charge is -2.11. The van der Waals surface area contributed by atoms with E-state index in [0.717, 1.165) is 22.4 Å². The molecular weight excluding hydrogens is 380 g/mol. The number of nitrogens with zero attached hydrogens (tertiary/aromatic N) is 5. The Morgan fingerprint density at radius 2 is 1.87 bits per heavy atom. The first-order valence-corrected chi connectivity index (χ1v) is 9.50. The van der Waals surface area contributed by atoms with Crippen molar-refractivity contribution in [2.45, 2.75) is 12.6 Å². The Labute approximate surface area is 172 Å². The number of hydrogen-bond acceptors (Lipinski definition) is 7. The van der Waals surface area contributed by atoms with Crippen LogP contribution in [0.4, 0.5) is 6.01 Å². The van der Waals surface area contributed by atoms with Crippen molar-refractivity contribution in [1.82, 2.24) is 19.7 Å². The van der Waals surface area contributed by atoms with Gasteiger partial charge in [-0.15, -0.1) is 5.10 Å². The standard InChI is InChI=1S/C22H18N6O2/c1-28-12-17(23-13-28)21-26-27-22(30-21)25-20-18(29)11-15-9-5-6-10-16(15)19(24-20)14-7-3-2-4-8-14/h2-10,12-13,20H,11H2,1H3,(H,25,27)/t20-/m1/s1. The Hall–Kier alpha value is -4.07. The third kappa shape index (κ3) is 3.39. The van der Waals surface area contributed by atoms with Gasteiger partial charge < -0.3 is 14.3 Å². The Bertz CT molecular complexity index is 1240. The predicted molar refractivity (Wildman–Crippen MR) is 111 cm³/mol. The molecule has 0 unspecified atom stereocenters. The summed E-state index contributed by atoms with van der Waals surface area (Å²) < 4.78 is 7.45. The lowest BCUT2D eigenvalue weighted by atomic mass is 9.96. The molecule has 0 saturated heterocycles. The first-order valence-electron chi connectivity index (χ1n) is 9.50. The number of aliphatic imine (C=N–C) groups is 1. The molecule has 0 amide bonds. The van der Waals surface area contributed by atoms with E-state index in [1.807, 2.05) is 61.6 Å². The highest BCUT2D eigenvalue weighted by Gasteiger charge is 2.27. The molecule has 5 rings (SSSR count). The van der Waals surface area contributed by atoms with E-state index in [4.69, 9.17) is 9.41 Å². The number of nitrogens with one attached hydrogen (secondary N) is 1. The molecule has 0 bridgehead atoms. The van der Waals surface area contributed by atoms with Crippen LogP contribution in [-0.2, 0) is 18.3 Å². The van der Waals surface area contributed by atoms with E-state index in [0.29, 0.717) is 5.69 Å². The third-order valence-electron chi connectivity index (χ3n) is 4.86. The van der Waals surface area contributed by atoms with Crippen molar-refractivity contribution in [3.63, 3.8) is 0 Å². The number of anilines is 1. The van der Waals surface area contributed by atoms with Crippen molar-refractivity contribution in [3.8, 4) is 11.6 Å². The average molecular weight is 398 g/mol. The Morgan fingerprint density at radius 3 is 2.67 bits per heavy atom. The Morgan fingerprint density at radius 1 is 1.07 bits per heavy atom. The summed E-state index contributed by atoms with van der Waals surface area (Å²) in [7, 11) is 1.85. The van der Waals surface area contributed by atoms with E-state index in [9.17, 15) is 4.79 Å². The molecule has 30 heavy (non-hydrogen) atoms. The highest BCUT2D eigenvalue weighted by atomic mass is 16.4. The van der Waals surface area contributed by atoms with E-state index < -0.39 is 6.17 Å². The van der Waals surface area contributed by atoms with Gasteiger partial charge in [0.2, 0.25) is 0 Å². The number of imidazole rings is 1. The first kappa shape index (κ1) is 18.0. The van der Waals surface area contributed by atoms with Gasteiger partial charge in [-0.25, -0.2) is 4.98 Å². The largest absolute Gasteiger partial charge is 0.402 e. The highest BCUT2D eigenvalue weighted by molar-refractivity contribution is 6.16. The zero-order valence-corrected chi connectivity index (χ0v) is 16.2. The van der Waals surface area contributed by atoms with Gasteiger partial charge in [-0.3, -0.25) is 9.79 Å². The molecule has 8 heteroatoms. The molecule has 0 spiro atoms. The summed E-state index contributed by atoms with van der Waals surface area (Å²) in [6.07, 6.45) is 2.84. The molecule has 4 aromatic rings. The molecule has 0 saturated carbocycles. The predicted octanol–water partition coefficient (Wildman–Crippen LogP) is 2.87. The summed E-state index contributed by atoms with van der Waals surface area (Å²) in [5, 5.41) is 11.0. The van der Waals surface area contributed by atoms with Gasteiger partial charge in [0.15, 0.2) is 11.9 Å². The molecule has 1 N–H and O–H groups in total. The Balaban J connectivity index is 1.51.